The minimum atomic E-state index is -4.67. The van der Waals surface area contributed by atoms with Crippen molar-refractivity contribution in [3.8, 4) is 5.88 Å². The lowest BCUT2D eigenvalue weighted by Crippen LogP contribution is -2.60. The topological polar surface area (TPSA) is 199 Å². The molecule has 4 N–H and O–H groups in total. The smallest absolute Gasteiger partial charge is 0.293 e. The number of aromatic nitrogens is 2. The van der Waals surface area contributed by atoms with E-state index in [0.29, 0.717) is 61.3 Å². The molecule has 20 heteroatoms. The van der Waals surface area contributed by atoms with Crippen molar-refractivity contribution in [3.63, 3.8) is 0 Å². The summed E-state index contributed by atoms with van der Waals surface area (Å²) in [5, 5.41) is 26.9. The van der Waals surface area contributed by atoms with Crippen LogP contribution in [0.2, 0.25) is 0 Å². The Morgan fingerprint density at radius 2 is 1.68 bits per heavy atom. The van der Waals surface area contributed by atoms with Crippen LogP contribution in [0.1, 0.15) is 112 Å². The molecule has 1 spiro atoms. The number of H-pyrrole nitrogens is 1. The van der Waals surface area contributed by atoms with Crippen LogP contribution in [0, 0.1) is 40.0 Å². The molecule has 3 atom stereocenters. The van der Waals surface area contributed by atoms with Gasteiger partial charge in [-0.2, -0.15) is 4.98 Å². The lowest BCUT2D eigenvalue weighted by Gasteiger charge is -2.58. The quantitative estimate of drug-likeness (QED) is 0.0629. The van der Waals surface area contributed by atoms with E-state index in [1.54, 1.807) is 18.3 Å². The zero-order valence-electron chi connectivity index (χ0n) is 46.3. The third-order valence-electron chi connectivity index (χ3n) is 18.5. The zero-order chi connectivity index (χ0) is 56.6. The SMILES string of the molecule is Cc1ccccc1[C@@H]1CN(Cc2ccc(F)c(F)c2)CCN1C1CC2(CCN(c3ccc(C(=O)NS(=O)(=O)c4ccc(NCC5CCC(C)(O)CC5)c([N+](=O)[O-])c4)c(N4c5cc6cc[nH]c6nc5O[C@H]5COC(C)(C)C[C@@H]54)c3)CC2)C1. The number of fused-ring (bicyclic) bond motifs is 3. The predicted octanol–water partition coefficient (Wildman–Crippen LogP) is 10.3. The van der Waals surface area contributed by atoms with Crippen LogP contribution in [0.25, 0.3) is 11.0 Å². The molecule has 4 aliphatic heterocycles. The highest BCUT2D eigenvalue weighted by atomic mass is 32.2. The maximum absolute atomic E-state index is 14.9. The summed E-state index contributed by atoms with van der Waals surface area (Å²) >= 11 is 0. The Kier molecular flexibility index (Phi) is 14.4. The molecule has 2 aromatic heterocycles. The number of aliphatic hydroxyl groups is 1. The molecule has 6 aliphatic rings. The lowest BCUT2D eigenvalue weighted by atomic mass is 9.59. The van der Waals surface area contributed by atoms with E-state index >= 15 is 0 Å². The van der Waals surface area contributed by atoms with Crippen LogP contribution in [0.15, 0.2) is 102 Å². The number of aryl methyl sites for hydroxylation is 1. The summed E-state index contributed by atoms with van der Waals surface area (Å²) in [7, 11) is -4.67. The number of nitro groups is 1. The number of benzene rings is 4. The number of piperidine rings is 1. The van der Waals surface area contributed by atoms with Crippen LogP contribution in [-0.2, 0) is 21.3 Å². The molecular formula is C61H71F2N9O8S. The van der Waals surface area contributed by atoms with E-state index in [9.17, 15) is 37.2 Å². The Labute approximate surface area is 471 Å². The van der Waals surface area contributed by atoms with E-state index in [2.05, 4.69) is 65.8 Å². The Balaban J connectivity index is 0.810. The number of hydrogen-bond donors (Lipinski definition) is 4. The number of ether oxygens (including phenoxy) is 2. The standard InChI is InChI=1S/C61H71F2N9O8S/c1-38-7-5-6-8-45(38)54-36-68(35-40-9-13-47(62)48(63)27-40)25-26-70(54)43-31-61(32-43)20-23-69(24-21-61)42-10-12-46(50(29-42)71-52-28-41-17-22-64-56(41)66-58(52)80-55-37-79-59(2,3)33-53(55)71)57(73)67-81(77,78)44-11-14-49(51(30-44)72(75)76)65-34-39-15-18-60(4,74)19-16-39/h5-14,17,22,27-30,39,43,53-55,65,74H,15-16,18-21,23-26,31-37H2,1-4H3,(H,64,66)(H,67,73)/t39?,53-,54-,55-,60?/m0/s1. The minimum absolute atomic E-state index is 0.0788. The largest absolute Gasteiger partial charge is 0.468 e. The number of nitrogens with one attached hydrogen (secondary N) is 3. The minimum Gasteiger partial charge on any atom is -0.468 e. The number of anilines is 4. The second-order valence-corrected chi connectivity index (χ2v) is 26.3. The molecule has 5 fully saturated rings. The fourth-order valence-corrected chi connectivity index (χ4v) is 14.8. The van der Waals surface area contributed by atoms with E-state index in [1.165, 1.54) is 35.4 Å². The number of amides is 1. The summed E-state index contributed by atoms with van der Waals surface area (Å²) in [5.41, 5.74) is 4.46. The second kappa shape index (κ2) is 21.2. The molecule has 81 heavy (non-hydrogen) atoms. The average molecular weight is 1130 g/mol. The highest BCUT2D eigenvalue weighted by Gasteiger charge is 2.51. The number of halogens is 2. The van der Waals surface area contributed by atoms with Gasteiger partial charge in [-0.3, -0.25) is 24.7 Å². The normalized spacial score (nSPS) is 24.9. The van der Waals surface area contributed by atoms with Crippen LogP contribution >= 0.6 is 0 Å². The summed E-state index contributed by atoms with van der Waals surface area (Å²) in [6, 6.07) is 25.9. The predicted molar refractivity (Wildman–Crippen MR) is 306 cm³/mol. The molecule has 2 saturated carbocycles. The van der Waals surface area contributed by atoms with Gasteiger partial charge in [-0.15, -0.1) is 0 Å². The molecule has 2 aliphatic carbocycles. The van der Waals surface area contributed by atoms with Crippen molar-refractivity contribution in [1.29, 1.82) is 0 Å². The van der Waals surface area contributed by atoms with E-state index in [0.717, 1.165) is 94.0 Å². The van der Waals surface area contributed by atoms with Crippen molar-refractivity contribution in [2.24, 2.45) is 11.3 Å². The summed E-state index contributed by atoms with van der Waals surface area (Å²) in [5.74, 6) is -2.06. The van der Waals surface area contributed by atoms with Crippen LogP contribution in [0.3, 0.4) is 0 Å². The number of aromatic amines is 1. The van der Waals surface area contributed by atoms with Crippen LogP contribution in [0.4, 0.5) is 37.2 Å². The van der Waals surface area contributed by atoms with Crippen molar-refractivity contribution < 1.29 is 41.5 Å². The number of carbonyl (C=O) groups is 1. The summed E-state index contributed by atoms with van der Waals surface area (Å²) < 4.78 is 72.0. The van der Waals surface area contributed by atoms with Gasteiger partial charge in [-0.25, -0.2) is 21.9 Å². The molecule has 4 aromatic carbocycles. The number of sulfonamides is 1. The summed E-state index contributed by atoms with van der Waals surface area (Å²) in [6.07, 6.45) is 8.57. The maximum Gasteiger partial charge on any atom is 0.293 e. The average Bonchev–Trinajstić information content (AvgIpc) is 3.68. The zero-order valence-corrected chi connectivity index (χ0v) is 47.1. The molecule has 0 radical (unpaired) electrons. The van der Waals surface area contributed by atoms with Gasteiger partial charge < -0.3 is 34.7 Å². The van der Waals surface area contributed by atoms with E-state index in [4.69, 9.17) is 14.5 Å². The molecule has 6 aromatic rings. The van der Waals surface area contributed by atoms with Gasteiger partial charge >= 0.3 is 0 Å². The monoisotopic (exact) mass is 1130 g/mol. The summed E-state index contributed by atoms with van der Waals surface area (Å²) in [4.78, 5) is 43.8. The van der Waals surface area contributed by atoms with Crippen molar-refractivity contribution in [2.45, 2.75) is 132 Å². The maximum atomic E-state index is 14.9. The van der Waals surface area contributed by atoms with Gasteiger partial charge in [0.2, 0.25) is 5.88 Å². The van der Waals surface area contributed by atoms with Gasteiger partial charge in [0.05, 0.1) is 44.9 Å². The Morgan fingerprint density at radius 3 is 2.43 bits per heavy atom. The highest BCUT2D eigenvalue weighted by molar-refractivity contribution is 7.90. The van der Waals surface area contributed by atoms with Crippen molar-refractivity contribution in [3.05, 3.63) is 141 Å². The molecule has 0 unspecified atom stereocenters. The molecule has 0 bridgehead atoms. The van der Waals surface area contributed by atoms with Gasteiger partial charge in [-0.1, -0.05) is 30.3 Å². The van der Waals surface area contributed by atoms with Gasteiger partial charge in [-0.05, 0) is 162 Å². The number of piperazine rings is 1. The molecule has 3 saturated heterocycles. The Bertz CT molecular complexity index is 3500. The Hall–Kier alpha value is -6.71. The van der Waals surface area contributed by atoms with E-state index in [1.807, 2.05) is 45.0 Å². The lowest BCUT2D eigenvalue weighted by molar-refractivity contribution is -0.384. The third kappa shape index (κ3) is 11.1. The third-order valence-corrected chi connectivity index (χ3v) is 19.8. The number of carbonyl (C=O) groups excluding carboxylic acids is 1. The first-order valence-corrected chi connectivity index (χ1v) is 29.9. The van der Waals surface area contributed by atoms with Crippen molar-refractivity contribution in [1.82, 2.24) is 24.5 Å². The first-order chi connectivity index (χ1) is 38.7. The number of nitro benzene ring substituents is 1. The number of rotatable bonds is 13. The summed E-state index contributed by atoms with van der Waals surface area (Å²) in [6.45, 7) is 13.2. The fraction of sp³-hybridized carbons (Fsp3) is 0.475. The fourth-order valence-electron chi connectivity index (χ4n) is 13.8. The molecule has 1 amide bonds. The molecule has 6 heterocycles. The van der Waals surface area contributed by atoms with Crippen LogP contribution in [-0.4, -0.2) is 119 Å². The number of pyridine rings is 1. The highest BCUT2D eigenvalue weighted by Crippen LogP contribution is 2.54. The van der Waals surface area contributed by atoms with Gasteiger partial charge in [0.1, 0.15) is 23.1 Å². The van der Waals surface area contributed by atoms with E-state index < -0.39 is 60.4 Å². The van der Waals surface area contributed by atoms with Crippen LogP contribution < -0.4 is 24.6 Å². The molecule has 428 valence electrons. The second-order valence-electron chi connectivity index (χ2n) is 24.6. The van der Waals surface area contributed by atoms with E-state index in [-0.39, 0.29) is 41.3 Å². The van der Waals surface area contributed by atoms with Gasteiger partial charge in [0.15, 0.2) is 11.6 Å². The molecular weight excluding hydrogens is 1060 g/mol. The van der Waals surface area contributed by atoms with Crippen molar-refractivity contribution >= 4 is 55.4 Å². The number of nitrogens with zero attached hydrogens (tertiary/aromatic N) is 6. The van der Waals surface area contributed by atoms with Gasteiger partial charge in [0.25, 0.3) is 21.6 Å². The first kappa shape index (κ1) is 54.9. The van der Waals surface area contributed by atoms with Crippen LogP contribution in [0.5, 0.6) is 5.88 Å². The molecule has 17 nitrogen and oxygen atoms in total. The molecule has 12 rings (SSSR count). The van der Waals surface area contributed by atoms with Crippen molar-refractivity contribution in [2.75, 3.05) is 61.0 Å². The first-order valence-electron chi connectivity index (χ1n) is 28.5. The Morgan fingerprint density at radius 1 is 0.901 bits per heavy atom. The number of hydrogen-bond acceptors (Lipinski definition) is 14. The van der Waals surface area contributed by atoms with Gasteiger partial charge in [0, 0.05) is 87.7 Å².